The first-order chi connectivity index (χ1) is 8.93. The third kappa shape index (κ3) is 2.59. The summed E-state index contributed by atoms with van der Waals surface area (Å²) >= 11 is 0. The van der Waals surface area contributed by atoms with Crippen molar-refractivity contribution in [1.29, 1.82) is 0 Å². The zero-order valence-corrected chi connectivity index (χ0v) is 10.5. The molecule has 0 aliphatic carbocycles. The first-order valence-corrected chi connectivity index (χ1v) is 6.66. The minimum absolute atomic E-state index is 0.411. The fourth-order valence-corrected chi connectivity index (χ4v) is 2.48. The van der Waals surface area contributed by atoms with E-state index in [2.05, 4.69) is 25.4 Å². The third-order valence-electron chi connectivity index (χ3n) is 3.59. The Bertz CT molecular complexity index is 355. The van der Waals surface area contributed by atoms with Gasteiger partial charge in [0.1, 0.15) is 0 Å². The second-order valence-electron chi connectivity index (χ2n) is 4.80. The molecule has 2 fully saturated rings. The van der Waals surface area contributed by atoms with Gasteiger partial charge in [0.2, 0.25) is 0 Å². The summed E-state index contributed by atoms with van der Waals surface area (Å²) in [4.78, 5) is 6.96. The molecule has 0 amide bonds. The minimum atomic E-state index is 0.411. The average Bonchev–Trinajstić information content (AvgIpc) is 2.49. The highest BCUT2D eigenvalue weighted by Crippen LogP contribution is 2.24. The maximum absolute atomic E-state index is 5.37. The maximum atomic E-state index is 5.37. The monoisotopic (exact) mass is 249 g/mol. The Kier molecular flexibility index (Phi) is 3.66. The lowest BCUT2D eigenvalue weighted by atomic mass is 10.00. The van der Waals surface area contributed by atoms with Crippen molar-refractivity contribution in [3.63, 3.8) is 0 Å². The lowest BCUT2D eigenvalue weighted by Crippen LogP contribution is -2.44. The zero-order valence-electron chi connectivity index (χ0n) is 10.5. The van der Waals surface area contributed by atoms with Crippen molar-refractivity contribution in [2.75, 3.05) is 44.3 Å². The molecule has 1 N–H and O–H groups in total. The molecule has 18 heavy (non-hydrogen) atoms. The molecule has 2 aliphatic rings. The quantitative estimate of drug-likeness (QED) is 0.806. The van der Waals surface area contributed by atoms with Crippen LogP contribution in [0.25, 0.3) is 0 Å². The Labute approximate surface area is 107 Å². The standard InChI is InChI=1S/C12H19N5O/c1-7-18-8-2-10(1)12-15-11(9-14-16-12)17-5-3-13-4-6-17/h9-10,13H,1-8H2. The van der Waals surface area contributed by atoms with E-state index in [0.717, 1.165) is 63.9 Å². The summed E-state index contributed by atoms with van der Waals surface area (Å²) in [5, 5.41) is 11.7. The molecular formula is C12H19N5O. The van der Waals surface area contributed by atoms with E-state index < -0.39 is 0 Å². The highest BCUT2D eigenvalue weighted by atomic mass is 16.5. The smallest absolute Gasteiger partial charge is 0.156 e. The number of hydrogen-bond donors (Lipinski definition) is 1. The van der Waals surface area contributed by atoms with Crippen molar-refractivity contribution in [2.24, 2.45) is 0 Å². The molecule has 2 saturated heterocycles. The molecule has 1 aromatic heterocycles. The summed E-state index contributed by atoms with van der Waals surface area (Å²) < 4.78 is 5.37. The van der Waals surface area contributed by atoms with Gasteiger partial charge in [0.25, 0.3) is 0 Å². The SMILES string of the molecule is c1nnc(C2CCOCC2)nc1N1CCNCC1. The van der Waals surface area contributed by atoms with E-state index in [1.807, 2.05) is 0 Å². The van der Waals surface area contributed by atoms with Crippen molar-refractivity contribution in [2.45, 2.75) is 18.8 Å². The van der Waals surface area contributed by atoms with E-state index in [0.29, 0.717) is 5.92 Å². The number of anilines is 1. The van der Waals surface area contributed by atoms with Gasteiger partial charge in [-0.3, -0.25) is 0 Å². The normalized spacial score (nSPS) is 22.1. The number of aromatic nitrogens is 3. The molecule has 3 heterocycles. The number of ether oxygens (including phenoxy) is 1. The van der Waals surface area contributed by atoms with Crippen LogP contribution in [0.2, 0.25) is 0 Å². The predicted octanol–water partition coefficient (Wildman–Crippen LogP) is 0.175. The third-order valence-corrected chi connectivity index (χ3v) is 3.59. The van der Waals surface area contributed by atoms with Crippen molar-refractivity contribution in [3.8, 4) is 0 Å². The van der Waals surface area contributed by atoms with E-state index >= 15 is 0 Å². The molecule has 0 atom stereocenters. The molecule has 0 radical (unpaired) electrons. The second kappa shape index (κ2) is 5.58. The molecule has 2 aliphatic heterocycles. The summed E-state index contributed by atoms with van der Waals surface area (Å²) in [6, 6.07) is 0. The maximum Gasteiger partial charge on any atom is 0.156 e. The van der Waals surface area contributed by atoms with Crippen molar-refractivity contribution in [3.05, 3.63) is 12.0 Å². The highest BCUT2D eigenvalue weighted by Gasteiger charge is 2.20. The second-order valence-corrected chi connectivity index (χ2v) is 4.80. The Morgan fingerprint density at radius 3 is 2.78 bits per heavy atom. The first kappa shape index (κ1) is 11.8. The number of nitrogens with one attached hydrogen (secondary N) is 1. The number of hydrogen-bond acceptors (Lipinski definition) is 6. The van der Waals surface area contributed by atoms with Crippen molar-refractivity contribution < 1.29 is 4.74 Å². The molecule has 6 nitrogen and oxygen atoms in total. The number of rotatable bonds is 2. The van der Waals surface area contributed by atoms with E-state index in [9.17, 15) is 0 Å². The van der Waals surface area contributed by atoms with Gasteiger partial charge in [0.05, 0.1) is 6.20 Å². The van der Waals surface area contributed by atoms with Crippen LogP contribution in [-0.4, -0.2) is 54.6 Å². The fraction of sp³-hybridized carbons (Fsp3) is 0.750. The van der Waals surface area contributed by atoms with Crippen LogP contribution in [0.15, 0.2) is 6.20 Å². The number of nitrogens with zero attached hydrogens (tertiary/aromatic N) is 4. The van der Waals surface area contributed by atoms with Crippen LogP contribution in [0.1, 0.15) is 24.6 Å². The molecule has 3 rings (SSSR count). The summed E-state index contributed by atoms with van der Waals surface area (Å²) in [6.45, 7) is 5.63. The summed E-state index contributed by atoms with van der Waals surface area (Å²) in [6.07, 6.45) is 3.79. The van der Waals surface area contributed by atoms with Gasteiger partial charge in [-0.05, 0) is 12.8 Å². The molecule has 0 spiro atoms. The molecule has 6 heteroatoms. The average molecular weight is 249 g/mol. The zero-order chi connectivity index (χ0) is 12.2. The largest absolute Gasteiger partial charge is 0.381 e. The molecule has 0 saturated carbocycles. The Morgan fingerprint density at radius 1 is 1.22 bits per heavy atom. The van der Waals surface area contributed by atoms with Gasteiger partial charge in [-0.1, -0.05) is 0 Å². The summed E-state index contributed by atoms with van der Waals surface area (Å²) in [7, 11) is 0. The Hall–Kier alpha value is -1.27. The lowest BCUT2D eigenvalue weighted by Gasteiger charge is -2.28. The molecule has 0 unspecified atom stereocenters. The van der Waals surface area contributed by atoms with Crippen LogP contribution in [0.3, 0.4) is 0 Å². The van der Waals surface area contributed by atoms with E-state index in [-0.39, 0.29) is 0 Å². The van der Waals surface area contributed by atoms with Gasteiger partial charge in [0.15, 0.2) is 11.6 Å². The Morgan fingerprint density at radius 2 is 2.00 bits per heavy atom. The molecule has 1 aromatic rings. The topological polar surface area (TPSA) is 63.2 Å². The Balaban J connectivity index is 1.75. The molecule has 98 valence electrons. The molecule has 0 bridgehead atoms. The van der Waals surface area contributed by atoms with E-state index in [4.69, 9.17) is 4.74 Å². The first-order valence-electron chi connectivity index (χ1n) is 6.66. The fourth-order valence-electron chi connectivity index (χ4n) is 2.48. The van der Waals surface area contributed by atoms with Gasteiger partial charge in [0, 0.05) is 45.3 Å². The van der Waals surface area contributed by atoms with Crippen LogP contribution in [0, 0.1) is 0 Å². The minimum Gasteiger partial charge on any atom is -0.381 e. The van der Waals surface area contributed by atoms with Gasteiger partial charge in [-0.2, -0.15) is 5.10 Å². The summed E-state index contributed by atoms with van der Waals surface area (Å²) in [5.41, 5.74) is 0. The lowest BCUT2D eigenvalue weighted by molar-refractivity contribution is 0.0834. The van der Waals surface area contributed by atoms with Crippen molar-refractivity contribution in [1.82, 2.24) is 20.5 Å². The summed E-state index contributed by atoms with van der Waals surface area (Å²) in [5.74, 6) is 2.26. The van der Waals surface area contributed by atoms with Crippen LogP contribution in [0.4, 0.5) is 5.82 Å². The van der Waals surface area contributed by atoms with Crippen LogP contribution in [-0.2, 0) is 4.74 Å². The van der Waals surface area contributed by atoms with Crippen LogP contribution < -0.4 is 10.2 Å². The van der Waals surface area contributed by atoms with Crippen LogP contribution >= 0.6 is 0 Å². The van der Waals surface area contributed by atoms with Crippen molar-refractivity contribution >= 4 is 5.82 Å². The van der Waals surface area contributed by atoms with Gasteiger partial charge in [-0.25, -0.2) is 4.98 Å². The van der Waals surface area contributed by atoms with E-state index in [1.54, 1.807) is 6.20 Å². The number of piperazine rings is 1. The molecular weight excluding hydrogens is 230 g/mol. The van der Waals surface area contributed by atoms with E-state index in [1.165, 1.54) is 0 Å². The molecule has 0 aromatic carbocycles. The van der Waals surface area contributed by atoms with Gasteiger partial charge < -0.3 is 15.0 Å². The van der Waals surface area contributed by atoms with Crippen LogP contribution in [0.5, 0.6) is 0 Å². The highest BCUT2D eigenvalue weighted by molar-refractivity contribution is 5.36. The predicted molar refractivity (Wildman–Crippen MR) is 67.7 cm³/mol. The van der Waals surface area contributed by atoms with Gasteiger partial charge >= 0.3 is 0 Å². The van der Waals surface area contributed by atoms with Gasteiger partial charge in [-0.15, -0.1) is 5.10 Å².